The zero-order chi connectivity index (χ0) is 22.1. The molecule has 172 valence electrons. The van der Waals surface area contributed by atoms with Crippen molar-refractivity contribution in [3.05, 3.63) is 89.7 Å². The molecule has 6 nitrogen and oxygen atoms in total. The van der Waals surface area contributed by atoms with Gasteiger partial charge in [0, 0.05) is 44.9 Å². The number of aromatic nitrogens is 2. The van der Waals surface area contributed by atoms with Crippen LogP contribution < -0.4 is 10.6 Å². The van der Waals surface area contributed by atoms with Crippen LogP contribution in [0, 0.1) is 0 Å². The minimum atomic E-state index is 0. The van der Waals surface area contributed by atoms with Gasteiger partial charge in [0.05, 0.1) is 12.2 Å². The highest BCUT2D eigenvalue weighted by atomic mass is 127. The highest BCUT2D eigenvalue weighted by Gasteiger charge is 2.17. The van der Waals surface area contributed by atoms with Gasteiger partial charge in [-0.15, -0.1) is 24.0 Å². The number of aliphatic imine (C=N–C) groups is 1. The Labute approximate surface area is 209 Å². The van der Waals surface area contributed by atoms with Crippen LogP contribution in [0.2, 0.25) is 0 Å². The van der Waals surface area contributed by atoms with E-state index >= 15 is 0 Å². The summed E-state index contributed by atoms with van der Waals surface area (Å²) in [6.07, 6.45) is 4.97. The van der Waals surface area contributed by atoms with Crippen LogP contribution in [0.25, 0.3) is 0 Å². The van der Waals surface area contributed by atoms with Gasteiger partial charge in [0.15, 0.2) is 5.96 Å². The van der Waals surface area contributed by atoms with Gasteiger partial charge >= 0.3 is 0 Å². The summed E-state index contributed by atoms with van der Waals surface area (Å²) in [5.41, 5.74) is 3.86. The van der Waals surface area contributed by atoms with Crippen molar-refractivity contribution in [2.24, 2.45) is 12.0 Å². The second-order valence-electron chi connectivity index (χ2n) is 7.97. The first-order valence-corrected chi connectivity index (χ1v) is 10.8. The highest BCUT2D eigenvalue weighted by molar-refractivity contribution is 14.0. The maximum absolute atomic E-state index is 4.42. The average molecular weight is 547 g/mol. The number of aryl methyl sites for hydroxylation is 1. The molecule has 0 amide bonds. The van der Waals surface area contributed by atoms with Crippen molar-refractivity contribution in [1.82, 2.24) is 25.3 Å². The maximum Gasteiger partial charge on any atom is 0.191 e. The molecule has 2 N–H and O–H groups in total. The summed E-state index contributed by atoms with van der Waals surface area (Å²) >= 11 is 0. The molecule has 0 aliphatic heterocycles. The van der Waals surface area contributed by atoms with Crippen molar-refractivity contribution in [1.29, 1.82) is 0 Å². The number of hydrogen-bond donors (Lipinski definition) is 2. The molecule has 0 radical (unpaired) electrons. The molecule has 3 rings (SSSR count). The molecule has 1 unspecified atom stereocenters. The summed E-state index contributed by atoms with van der Waals surface area (Å²) < 4.78 is 1.84. The Morgan fingerprint density at radius 3 is 2.03 bits per heavy atom. The fraction of sp³-hybridized carbons (Fsp3) is 0.360. The van der Waals surface area contributed by atoms with Crippen molar-refractivity contribution < 1.29 is 0 Å². The third-order valence-corrected chi connectivity index (χ3v) is 5.55. The number of hydrogen-bond acceptors (Lipinski definition) is 3. The minimum absolute atomic E-state index is 0. The average Bonchev–Trinajstić information content (AvgIpc) is 3.22. The quantitative estimate of drug-likeness (QED) is 0.242. The number of halogens is 1. The third kappa shape index (κ3) is 7.34. The van der Waals surface area contributed by atoms with Gasteiger partial charge in [-0.25, -0.2) is 0 Å². The topological polar surface area (TPSA) is 57.5 Å². The highest BCUT2D eigenvalue weighted by Crippen LogP contribution is 2.27. The smallest absolute Gasteiger partial charge is 0.191 e. The molecular formula is C25H35IN6. The molecule has 32 heavy (non-hydrogen) atoms. The molecule has 0 saturated heterocycles. The molecule has 1 heterocycles. The van der Waals surface area contributed by atoms with Crippen LogP contribution in [0.15, 0.2) is 78.0 Å². The Hall–Kier alpha value is -2.39. The molecular weight excluding hydrogens is 511 g/mol. The number of rotatable bonds is 9. The van der Waals surface area contributed by atoms with Gasteiger partial charge in [-0.2, -0.15) is 5.10 Å². The fourth-order valence-electron chi connectivity index (χ4n) is 3.86. The lowest BCUT2D eigenvalue weighted by molar-refractivity contribution is 0.298. The molecule has 1 atom stereocenters. The summed E-state index contributed by atoms with van der Waals surface area (Å²) in [6.45, 7) is 1.58. The van der Waals surface area contributed by atoms with Gasteiger partial charge in [0.1, 0.15) is 0 Å². The zero-order valence-electron chi connectivity index (χ0n) is 19.4. The molecule has 1 aromatic heterocycles. The van der Waals surface area contributed by atoms with Crippen LogP contribution in [0.1, 0.15) is 35.1 Å². The predicted molar refractivity (Wildman–Crippen MR) is 144 cm³/mol. The number of likely N-dealkylation sites (N-methyl/N-ethyl adjacent to an activating group) is 1. The van der Waals surface area contributed by atoms with Crippen LogP contribution in [0.5, 0.6) is 0 Å². The summed E-state index contributed by atoms with van der Waals surface area (Å²) in [5, 5.41) is 11.3. The number of nitrogens with one attached hydrogen (secondary N) is 2. The molecule has 0 saturated carbocycles. The van der Waals surface area contributed by atoms with E-state index in [0.717, 1.165) is 25.5 Å². The van der Waals surface area contributed by atoms with Crippen molar-refractivity contribution in [3.63, 3.8) is 0 Å². The summed E-state index contributed by atoms with van der Waals surface area (Å²) in [4.78, 5) is 6.61. The molecule has 0 fully saturated rings. The van der Waals surface area contributed by atoms with Gasteiger partial charge in [-0.05, 0) is 31.6 Å². The van der Waals surface area contributed by atoms with Gasteiger partial charge < -0.3 is 15.5 Å². The van der Waals surface area contributed by atoms with E-state index in [2.05, 4.69) is 107 Å². The van der Waals surface area contributed by atoms with Crippen molar-refractivity contribution in [2.45, 2.75) is 18.4 Å². The second kappa shape index (κ2) is 13.2. The Bertz CT molecular complexity index is 900. The lowest BCUT2D eigenvalue weighted by Gasteiger charge is -2.25. The lowest BCUT2D eigenvalue weighted by atomic mass is 9.88. The van der Waals surface area contributed by atoms with Crippen molar-refractivity contribution >= 4 is 29.9 Å². The minimum Gasteiger partial charge on any atom is -0.356 e. The van der Waals surface area contributed by atoms with E-state index in [0.29, 0.717) is 5.92 Å². The Morgan fingerprint density at radius 1 is 0.969 bits per heavy atom. The first kappa shape index (κ1) is 25.9. The summed E-state index contributed by atoms with van der Waals surface area (Å²) in [7, 11) is 7.93. The molecule has 0 aliphatic rings. The van der Waals surface area contributed by atoms with E-state index in [-0.39, 0.29) is 30.0 Å². The third-order valence-electron chi connectivity index (χ3n) is 5.55. The predicted octanol–water partition coefficient (Wildman–Crippen LogP) is 4.03. The van der Waals surface area contributed by atoms with E-state index in [9.17, 15) is 0 Å². The normalized spacial score (nSPS) is 12.5. The molecule has 2 aromatic carbocycles. The summed E-state index contributed by atoms with van der Waals surface area (Å²) in [6, 6.07) is 21.6. The Kier molecular flexibility index (Phi) is 10.7. The monoisotopic (exact) mass is 546 g/mol. The lowest BCUT2D eigenvalue weighted by Crippen LogP contribution is -2.42. The maximum atomic E-state index is 4.42. The molecule has 7 heteroatoms. The van der Waals surface area contributed by atoms with Crippen LogP contribution >= 0.6 is 24.0 Å². The van der Waals surface area contributed by atoms with Gasteiger partial charge in [0.2, 0.25) is 0 Å². The number of nitrogens with zero attached hydrogens (tertiary/aromatic N) is 4. The Morgan fingerprint density at radius 2 is 1.56 bits per heavy atom. The molecule has 3 aromatic rings. The SMILES string of the molecule is CN=C(NCCC(c1ccccc1)c1ccccc1)NCC(c1cnn(C)c1)N(C)C.I. The van der Waals surface area contributed by atoms with E-state index in [1.165, 1.54) is 16.7 Å². The first-order valence-electron chi connectivity index (χ1n) is 10.8. The van der Waals surface area contributed by atoms with E-state index < -0.39 is 0 Å². The molecule has 0 spiro atoms. The first-order chi connectivity index (χ1) is 15.1. The van der Waals surface area contributed by atoms with E-state index in [1.807, 2.05) is 25.0 Å². The van der Waals surface area contributed by atoms with Gasteiger partial charge in [0.25, 0.3) is 0 Å². The van der Waals surface area contributed by atoms with Crippen molar-refractivity contribution in [3.8, 4) is 0 Å². The van der Waals surface area contributed by atoms with Crippen LogP contribution in [0.3, 0.4) is 0 Å². The molecule has 0 aliphatic carbocycles. The number of guanidine groups is 1. The largest absolute Gasteiger partial charge is 0.356 e. The standard InChI is InChI=1S/C25H34N6.HI/c1-26-25(28-18-24(30(2)3)22-17-29-31(4)19-22)27-16-15-23(20-11-7-5-8-12-20)21-13-9-6-10-14-21;/h5-14,17,19,23-24H,15-16,18H2,1-4H3,(H2,26,27,28);1H. The number of benzene rings is 2. The summed E-state index contributed by atoms with van der Waals surface area (Å²) in [5.74, 6) is 1.16. The second-order valence-corrected chi connectivity index (χ2v) is 7.97. The van der Waals surface area contributed by atoms with Crippen molar-refractivity contribution in [2.75, 3.05) is 34.2 Å². The van der Waals surface area contributed by atoms with E-state index in [4.69, 9.17) is 0 Å². The Balaban J connectivity index is 0.00000363. The van der Waals surface area contributed by atoms with Gasteiger partial charge in [-0.3, -0.25) is 9.67 Å². The fourth-order valence-corrected chi connectivity index (χ4v) is 3.86. The van der Waals surface area contributed by atoms with E-state index in [1.54, 1.807) is 0 Å². The van der Waals surface area contributed by atoms with Crippen LogP contribution in [-0.2, 0) is 7.05 Å². The zero-order valence-corrected chi connectivity index (χ0v) is 21.7. The van der Waals surface area contributed by atoms with Gasteiger partial charge in [-0.1, -0.05) is 60.7 Å². The molecule has 0 bridgehead atoms. The van der Waals surface area contributed by atoms with Crippen LogP contribution in [0.4, 0.5) is 0 Å². The van der Waals surface area contributed by atoms with Crippen LogP contribution in [-0.4, -0.2) is 54.9 Å².